The van der Waals surface area contributed by atoms with E-state index in [2.05, 4.69) is 20.8 Å². The van der Waals surface area contributed by atoms with Gasteiger partial charge in [-0.15, -0.1) is 0 Å². The van der Waals surface area contributed by atoms with Crippen molar-refractivity contribution in [3.8, 4) is 0 Å². The van der Waals surface area contributed by atoms with E-state index in [1.54, 1.807) is 0 Å². The highest BCUT2D eigenvalue weighted by Gasteiger charge is 2.30. The van der Waals surface area contributed by atoms with Crippen LogP contribution in [0.15, 0.2) is 0 Å². The molecule has 1 saturated heterocycles. The average molecular weight is 212 g/mol. The van der Waals surface area contributed by atoms with E-state index in [-0.39, 0.29) is 17.4 Å². The lowest BCUT2D eigenvalue weighted by Crippen LogP contribution is -2.50. The highest BCUT2D eigenvalue weighted by atomic mass is 16.2. The van der Waals surface area contributed by atoms with Crippen molar-refractivity contribution >= 4 is 5.91 Å². The van der Waals surface area contributed by atoms with Crippen LogP contribution in [0.2, 0.25) is 0 Å². The van der Waals surface area contributed by atoms with Gasteiger partial charge >= 0.3 is 0 Å². The van der Waals surface area contributed by atoms with E-state index in [0.717, 1.165) is 32.4 Å². The number of piperidine rings is 1. The van der Waals surface area contributed by atoms with Gasteiger partial charge in [-0.1, -0.05) is 27.2 Å². The van der Waals surface area contributed by atoms with Gasteiger partial charge in [-0.25, -0.2) is 0 Å². The van der Waals surface area contributed by atoms with Crippen LogP contribution in [-0.2, 0) is 4.79 Å². The van der Waals surface area contributed by atoms with Gasteiger partial charge in [-0.2, -0.15) is 0 Å². The van der Waals surface area contributed by atoms with Crippen LogP contribution >= 0.6 is 0 Å². The number of rotatable bonds is 3. The highest BCUT2D eigenvalue weighted by molar-refractivity contribution is 5.81. The van der Waals surface area contributed by atoms with E-state index in [9.17, 15) is 4.79 Å². The molecule has 0 aromatic rings. The quantitative estimate of drug-likeness (QED) is 0.775. The average Bonchev–Trinajstić information content (AvgIpc) is 2.15. The summed E-state index contributed by atoms with van der Waals surface area (Å²) < 4.78 is 0. The van der Waals surface area contributed by atoms with Gasteiger partial charge in [-0.05, 0) is 24.7 Å². The molecule has 1 atom stereocenters. The summed E-state index contributed by atoms with van der Waals surface area (Å²) in [5.74, 6) is 0.143. The largest absolute Gasteiger partial charge is 0.341 e. The molecular formula is C12H24N2O. The van der Waals surface area contributed by atoms with Crippen LogP contribution in [0.5, 0.6) is 0 Å². The predicted molar refractivity (Wildman–Crippen MR) is 62.5 cm³/mol. The Balaban J connectivity index is 2.52. The van der Waals surface area contributed by atoms with Crippen molar-refractivity contribution in [2.45, 2.75) is 52.5 Å². The second-order valence-corrected chi connectivity index (χ2v) is 5.42. The zero-order valence-electron chi connectivity index (χ0n) is 10.3. The van der Waals surface area contributed by atoms with Gasteiger partial charge in [0.25, 0.3) is 0 Å². The standard InChI is InChI=1S/C12H24N2O/c1-4-6-10(13)11(15)14-8-5-7-12(2,3)9-14/h10H,4-9,13H2,1-3H3. The van der Waals surface area contributed by atoms with Crippen LogP contribution in [0, 0.1) is 5.41 Å². The molecule has 0 radical (unpaired) electrons. The summed E-state index contributed by atoms with van der Waals surface area (Å²) in [6.07, 6.45) is 4.09. The fourth-order valence-electron chi connectivity index (χ4n) is 2.28. The summed E-state index contributed by atoms with van der Waals surface area (Å²) in [5.41, 5.74) is 6.12. The van der Waals surface area contributed by atoms with E-state index in [4.69, 9.17) is 5.73 Å². The van der Waals surface area contributed by atoms with E-state index >= 15 is 0 Å². The number of nitrogens with two attached hydrogens (primary N) is 1. The van der Waals surface area contributed by atoms with Gasteiger partial charge in [0.15, 0.2) is 0 Å². The van der Waals surface area contributed by atoms with E-state index in [0.29, 0.717) is 0 Å². The normalized spacial score (nSPS) is 22.5. The molecule has 0 saturated carbocycles. The van der Waals surface area contributed by atoms with Crippen molar-refractivity contribution in [2.24, 2.45) is 11.1 Å². The van der Waals surface area contributed by atoms with Gasteiger partial charge in [0, 0.05) is 13.1 Å². The third-order valence-corrected chi connectivity index (χ3v) is 3.13. The van der Waals surface area contributed by atoms with Crippen LogP contribution < -0.4 is 5.73 Å². The maximum absolute atomic E-state index is 12.0. The fraction of sp³-hybridized carbons (Fsp3) is 0.917. The van der Waals surface area contributed by atoms with Gasteiger partial charge in [0.1, 0.15) is 0 Å². The third kappa shape index (κ3) is 3.49. The molecule has 15 heavy (non-hydrogen) atoms. The first-order chi connectivity index (χ1) is 6.96. The third-order valence-electron chi connectivity index (χ3n) is 3.13. The van der Waals surface area contributed by atoms with Crippen LogP contribution in [0.25, 0.3) is 0 Å². The molecule has 0 aromatic heterocycles. The molecule has 0 bridgehead atoms. The fourth-order valence-corrected chi connectivity index (χ4v) is 2.28. The van der Waals surface area contributed by atoms with Gasteiger partial charge in [0.05, 0.1) is 6.04 Å². The minimum Gasteiger partial charge on any atom is -0.341 e. The maximum Gasteiger partial charge on any atom is 0.239 e. The Morgan fingerprint density at radius 1 is 1.53 bits per heavy atom. The molecule has 3 nitrogen and oxygen atoms in total. The Kier molecular flexibility index (Phi) is 4.14. The minimum absolute atomic E-state index is 0.143. The number of amides is 1. The van der Waals surface area contributed by atoms with E-state index < -0.39 is 0 Å². The summed E-state index contributed by atoms with van der Waals surface area (Å²) >= 11 is 0. The van der Waals surface area contributed by atoms with Gasteiger partial charge < -0.3 is 10.6 Å². The lowest BCUT2D eigenvalue weighted by Gasteiger charge is -2.39. The summed E-state index contributed by atoms with van der Waals surface area (Å²) in [6.45, 7) is 8.26. The molecule has 1 aliphatic rings. The number of carbonyl (C=O) groups excluding carboxylic acids is 1. The molecule has 1 rings (SSSR count). The van der Waals surface area contributed by atoms with Crippen molar-refractivity contribution in [3.63, 3.8) is 0 Å². The molecule has 1 fully saturated rings. The minimum atomic E-state index is -0.288. The topological polar surface area (TPSA) is 46.3 Å². The molecule has 0 aliphatic carbocycles. The molecule has 1 heterocycles. The predicted octanol–water partition coefficient (Wildman–Crippen LogP) is 1.76. The number of hydrogen-bond acceptors (Lipinski definition) is 2. The SMILES string of the molecule is CCCC(N)C(=O)N1CCCC(C)(C)C1. The van der Waals surface area contributed by atoms with Crippen molar-refractivity contribution in [2.75, 3.05) is 13.1 Å². The molecule has 88 valence electrons. The second kappa shape index (κ2) is 4.97. The smallest absolute Gasteiger partial charge is 0.239 e. The zero-order chi connectivity index (χ0) is 11.5. The van der Waals surface area contributed by atoms with Crippen molar-refractivity contribution in [3.05, 3.63) is 0 Å². The van der Waals surface area contributed by atoms with Crippen molar-refractivity contribution < 1.29 is 4.79 Å². The van der Waals surface area contributed by atoms with Crippen LogP contribution in [-0.4, -0.2) is 29.9 Å². The Hall–Kier alpha value is -0.570. The number of likely N-dealkylation sites (tertiary alicyclic amines) is 1. The first kappa shape index (κ1) is 12.5. The molecular weight excluding hydrogens is 188 g/mol. The first-order valence-corrected chi connectivity index (χ1v) is 6.00. The van der Waals surface area contributed by atoms with Gasteiger partial charge in [0.2, 0.25) is 5.91 Å². The summed E-state index contributed by atoms with van der Waals surface area (Å²) in [5, 5.41) is 0. The Morgan fingerprint density at radius 2 is 2.20 bits per heavy atom. The monoisotopic (exact) mass is 212 g/mol. The Morgan fingerprint density at radius 3 is 2.73 bits per heavy atom. The van der Waals surface area contributed by atoms with E-state index in [1.807, 2.05) is 4.90 Å². The second-order valence-electron chi connectivity index (χ2n) is 5.42. The zero-order valence-corrected chi connectivity index (χ0v) is 10.3. The number of nitrogens with zero attached hydrogens (tertiary/aromatic N) is 1. The summed E-state index contributed by atoms with van der Waals surface area (Å²) in [6, 6.07) is -0.288. The Labute approximate surface area is 93.0 Å². The van der Waals surface area contributed by atoms with Crippen LogP contribution in [0.1, 0.15) is 46.5 Å². The van der Waals surface area contributed by atoms with Gasteiger partial charge in [-0.3, -0.25) is 4.79 Å². The lowest BCUT2D eigenvalue weighted by atomic mass is 9.84. The molecule has 1 aliphatic heterocycles. The molecule has 1 amide bonds. The highest BCUT2D eigenvalue weighted by Crippen LogP contribution is 2.28. The number of carbonyl (C=O) groups is 1. The van der Waals surface area contributed by atoms with Crippen LogP contribution in [0.4, 0.5) is 0 Å². The molecule has 0 aromatic carbocycles. The molecule has 1 unspecified atom stereocenters. The van der Waals surface area contributed by atoms with Crippen molar-refractivity contribution in [1.29, 1.82) is 0 Å². The van der Waals surface area contributed by atoms with Crippen molar-refractivity contribution in [1.82, 2.24) is 4.90 Å². The Bertz CT molecular complexity index is 226. The van der Waals surface area contributed by atoms with E-state index in [1.165, 1.54) is 6.42 Å². The number of hydrogen-bond donors (Lipinski definition) is 1. The maximum atomic E-state index is 12.0. The summed E-state index contributed by atoms with van der Waals surface area (Å²) in [4.78, 5) is 13.9. The molecule has 3 heteroatoms. The lowest BCUT2D eigenvalue weighted by molar-refractivity contribution is -0.135. The first-order valence-electron chi connectivity index (χ1n) is 6.00. The summed E-state index contributed by atoms with van der Waals surface area (Å²) in [7, 11) is 0. The van der Waals surface area contributed by atoms with Crippen LogP contribution in [0.3, 0.4) is 0 Å². The molecule has 2 N–H and O–H groups in total. The molecule has 0 spiro atoms.